The van der Waals surface area contributed by atoms with E-state index >= 15 is 0 Å². The zero-order valence-corrected chi connectivity index (χ0v) is 10.4. The normalized spacial score (nSPS) is 34.8. The summed E-state index contributed by atoms with van der Waals surface area (Å²) in [6.07, 6.45) is 7.92. The minimum absolute atomic E-state index is 0.0642. The van der Waals surface area contributed by atoms with Gasteiger partial charge in [-0.25, -0.2) is 0 Å². The van der Waals surface area contributed by atoms with Gasteiger partial charge in [-0.1, -0.05) is 6.92 Å². The third-order valence-corrected chi connectivity index (χ3v) is 4.24. The van der Waals surface area contributed by atoms with Crippen LogP contribution >= 0.6 is 0 Å². The molecule has 0 radical (unpaired) electrons. The quantitative estimate of drug-likeness (QED) is 0.797. The van der Waals surface area contributed by atoms with Gasteiger partial charge in [-0.05, 0) is 44.9 Å². The van der Waals surface area contributed by atoms with Crippen LogP contribution < -0.4 is 5.32 Å². The predicted molar refractivity (Wildman–Crippen MR) is 63.2 cm³/mol. The second-order valence-corrected chi connectivity index (χ2v) is 5.33. The van der Waals surface area contributed by atoms with Gasteiger partial charge in [0.25, 0.3) is 0 Å². The van der Waals surface area contributed by atoms with Gasteiger partial charge in [0.05, 0.1) is 6.10 Å². The summed E-state index contributed by atoms with van der Waals surface area (Å²) in [7, 11) is 1.78. The first kappa shape index (κ1) is 11.9. The van der Waals surface area contributed by atoms with E-state index < -0.39 is 0 Å². The molecule has 0 heterocycles. The molecule has 2 aliphatic carbocycles. The summed E-state index contributed by atoms with van der Waals surface area (Å²) in [6.45, 7) is 2.18. The van der Waals surface area contributed by atoms with Gasteiger partial charge in [0.15, 0.2) is 0 Å². The van der Waals surface area contributed by atoms with Crippen molar-refractivity contribution in [2.24, 2.45) is 5.92 Å². The Morgan fingerprint density at radius 3 is 2.38 bits per heavy atom. The molecule has 2 fully saturated rings. The van der Waals surface area contributed by atoms with E-state index in [1.165, 1.54) is 0 Å². The molecule has 2 saturated carbocycles. The monoisotopic (exact) mass is 225 g/mol. The highest BCUT2D eigenvalue weighted by atomic mass is 16.5. The van der Waals surface area contributed by atoms with E-state index in [0.717, 1.165) is 44.9 Å². The van der Waals surface area contributed by atoms with E-state index in [2.05, 4.69) is 12.2 Å². The highest BCUT2D eigenvalue weighted by Gasteiger charge is 2.39. The van der Waals surface area contributed by atoms with Crippen LogP contribution in [0.3, 0.4) is 0 Å². The molecule has 0 aromatic carbocycles. The largest absolute Gasteiger partial charge is 0.381 e. The van der Waals surface area contributed by atoms with Crippen molar-refractivity contribution in [1.82, 2.24) is 5.32 Å². The van der Waals surface area contributed by atoms with Crippen molar-refractivity contribution in [3.8, 4) is 0 Å². The summed E-state index contributed by atoms with van der Waals surface area (Å²) in [4.78, 5) is 11.8. The van der Waals surface area contributed by atoms with Gasteiger partial charge in [-0.2, -0.15) is 0 Å². The van der Waals surface area contributed by atoms with Crippen LogP contribution in [0.4, 0.5) is 0 Å². The standard InChI is InChI=1S/C13H23NO2/c1-3-13(14-12(15)10-4-5-10)8-6-11(16-2)7-9-13/h10-11H,3-9H2,1-2H3,(H,14,15). The molecule has 0 bridgehead atoms. The molecule has 0 spiro atoms. The van der Waals surface area contributed by atoms with Crippen LogP contribution in [0.1, 0.15) is 51.9 Å². The smallest absolute Gasteiger partial charge is 0.223 e. The van der Waals surface area contributed by atoms with E-state index in [9.17, 15) is 4.79 Å². The molecule has 3 heteroatoms. The van der Waals surface area contributed by atoms with E-state index in [-0.39, 0.29) is 11.4 Å². The molecule has 0 aromatic rings. The van der Waals surface area contributed by atoms with Crippen LogP contribution in [0.2, 0.25) is 0 Å². The van der Waals surface area contributed by atoms with E-state index in [0.29, 0.717) is 12.0 Å². The molecule has 0 unspecified atom stereocenters. The molecule has 0 aliphatic heterocycles. The van der Waals surface area contributed by atoms with E-state index in [1.54, 1.807) is 7.11 Å². The van der Waals surface area contributed by atoms with Crippen molar-refractivity contribution >= 4 is 5.91 Å². The summed E-state index contributed by atoms with van der Waals surface area (Å²) >= 11 is 0. The fourth-order valence-corrected chi connectivity index (χ4v) is 2.66. The Morgan fingerprint density at radius 2 is 1.94 bits per heavy atom. The van der Waals surface area contributed by atoms with Gasteiger partial charge in [0.1, 0.15) is 0 Å². The Bertz CT molecular complexity index is 253. The Balaban J connectivity index is 1.89. The van der Waals surface area contributed by atoms with Crippen molar-refractivity contribution in [3.05, 3.63) is 0 Å². The molecule has 92 valence electrons. The van der Waals surface area contributed by atoms with E-state index in [1.807, 2.05) is 0 Å². The zero-order chi connectivity index (χ0) is 11.6. The SMILES string of the molecule is CCC1(NC(=O)C2CC2)CCC(OC)CC1. The Kier molecular flexibility index (Phi) is 3.53. The number of methoxy groups -OCH3 is 1. The summed E-state index contributed by atoms with van der Waals surface area (Å²) in [5, 5.41) is 3.29. The third kappa shape index (κ3) is 2.57. The molecule has 0 aromatic heterocycles. The Labute approximate surface area is 97.9 Å². The van der Waals surface area contributed by atoms with Crippen LogP contribution in [-0.2, 0) is 9.53 Å². The molecule has 2 aliphatic rings. The number of ether oxygens (including phenoxy) is 1. The lowest BCUT2D eigenvalue weighted by Gasteiger charge is -2.40. The predicted octanol–water partition coefficient (Wildman–Crippen LogP) is 2.25. The summed E-state index contributed by atoms with van der Waals surface area (Å²) < 4.78 is 5.38. The number of rotatable bonds is 4. The van der Waals surface area contributed by atoms with Crippen LogP contribution in [0.5, 0.6) is 0 Å². The van der Waals surface area contributed by atoms with Crippen molar-refractivity contribution in [3.63, 3.8) is 0 Å². The van der Waals surface area contributed by atoms with Gasteiger partial charge in [0.2, 0.25) is 5.91 Å². The molecule has 2 rings (SSSR count). The molecule has 16 heavy (non-hydrogen) atoms. The number of hydrogen-bond acceptors (Lipinski definition) is 2. The minimum Gasteiger partial charge on any atom is -0.381 e. The van der Waals surface area contributed by atoms with Crippen LogP contribution in [-0.4, -0.2) is 24.7 Å². The lowest BCUT2D eigenvalue weighted by Crippen LogP contribution is -2.51. The van der Waals surface area contributed by atoms with Crippen molar-refractivity contribution in [1.29, 1.82) is 0 Å². The molecule has 0 atom stereocenters. The summed E-state index contributed by atoms with van der Waals surface area (Å²) in [5.41, 5.74) is 0.0642. The highest BCUT2D eigenvalue weighted by Crippen LogP contribution is 2.35. The first-order valence-electron chi connectivity index (χ1n) is 6.54. The van der Waals surface area contributed by atoms with Gasteiger partial charge in [-0.3, -0.25) is 4.79 Å². The van der Waals surface area contributed by atoms with E-state index in [4.69, 9.17) is 4.74 Å². The number of hydrogen-bond donors (Lipinski definition) is 1. The van der Waals surface area contributed by atoms with Crippen LogP contribution in [0, 0.1) is 5.92 Å². The first-order valence-corrected chi connectivity index (χ1v) is 6.54. The molecular weight excluding hydrogens is 202 g/mol. The Morgan fingerprint density at radius 1 is 1.31 bits per heavy atom. The molecular formula is C13H23NO2. The lowest BCUT2D eigenvalue weighted by atomic mass is 9.78. The maximum absolute atomic E-state index is 11.8. The Hall–Kier alpha value is -0.570. The number of carbonyl (C=O) groups excluding carboxylic acids is 1. The van der Waals surface area contributed by atoms with Gasteiger partial charge >= 0.3 is 0 Å². The fourth-order valence-electron chi connectivity index (χ4n) is 2.66. The van der Waals surface area contributed by atoms with Crippen LogP contribution in [0.25, 0.3) is 0 Å². The zero-order valence-electron chi connectivity index (χ0n) is 10.4. The second kappa shape index (κ2) is 4.74. The average molecular weight is 225 g/mol. The maximum Gasteiger partial charge on any atom is 0.223 e. The van der Waals surface area contributed by atoms with Gasteiger partial charge < -0.3 is 10.1 Å². The highest BCUT2D eigenvalue weighted by molar-refractivity contribution is 5.81. The van der Waals surface area contributed by atoms with Crippen molar-refractivity contribution in [2.75, 3.05) is 7.11 Å². The molecule has 1 N–H and O–H groups in total. The van der Waals surface area contributed by atoms with Crippen molar-refractivity contribution < 1.29 is 9.53 Å². The fraction of sp³-hybridized carbons (Fsp3) is 0.923. The first-order chi connectivity index (χ1) is 7.69. The van der Waals surface area contributed by atoms with Gasteiger partial charge in [0, 0.05) is 18.6 Å². The second-order valence-electron chi connectivity index (χ2n) is 5.33. The molecule has 1 amide bonds. The number of nitrogens with one attached hydrogen (secondary N) is 1. The van der Waals surface area contributed by atoms with Crippen LogP contribution in [0.15, 0.2) is 0 Å². The lowest BCUT2D eigenvalue weighted by molar-refractivity contribution is -0.125. The summed E-state index contributed by atoms with van der Waals surface area (Å²) in [6, 6.07) is 0. The van der Waals surface area contributed by atoms with Gasteiger partial charge in [-0.15, -0.1) is 0 Å². The molecule has 3 nitrogen and oxygen atoms in total. The van der Waals surface area contributed by atoms with Crippen molar-refractivity contribution in [2.45, 2.75) is 63.5 Å². The topological polar surface area (TPSA) is 38.3 Å². The summed E-state index contributed by atoms with van der Waals surface area (Å²) in [5.74, 6) is 0.612. The molecule has 0 saturated heterocycles. The number of carbonyl (C=O) groups is 1. The maximum atomic E-state index is 11.8. The third-order valence-electron chi connectivity index (χ3n) is 4.24. The number of amides is 1. The average Bonchev–Trinajstić information content (AvgIpc) is 3.14. The minimum atomic E-state index is 0.0642.